The number of carbonyl (C=O) groups excluding carboxylic acids is 5. The van der Waals surface area contributed by atoms with Crippen LogP contribution in [0.5, 0.6) is 11.5 Å². The van der Waals surface area contributed by atoms with Gasteiger partial charge in [0.05, 0.1) is 12.6 Å². The van der Waals surface area contributed by atoms with Gasteiger partial charge in [-0.05, 0) is 49.4 Å². The maximum atomic E-state index is 13.9. The summed E-state index contributed by atoms with van der Waals surface area (Å²) >= 11 is 0. The van der Waals surface area contributed by atoms with Gasteiger partial charge in [-0.25, -0.2) is 0 Å². The maximum absolute atomic E-state index is 13.9. The molecule has 4 bridgehead atoms. The predicted octanol–water partition coefficient (Wildman–Crippen LogP) is -1.58. The number of hydrogen-bond donors (Lipinski definition) is 7. The molecular weight excluding hydrogens is 622 g/mol. The molecule has 0 saturated carbocycles. The number of benzene rings is 2. The summed E-state index contributed by atoms with van der Waals surface area (Å²) in [6.45, 7) is 2.88. The lowest BCUT2D eigenvalue weighted by atomic mass is 9.93. The minimum absolute atomic E-state index is 0.0372. The Balaban J connectivity index is 0.00000392. The number of fused-ring (bicyclic) bond motifs is 5. The van der Waals surface area contributed by atoms with Gasteiger partial charge in [-0.3, -0.25) is 24.0 Å². The molecule has 16 nitrogen and oxygen atoms in total. The second kappa shape index (κ2) is 19.4. The highest BCUT2D eigenvalue weighted by molar-refractivity contribution is 5.95. The monoisotopic (exact) mass is 667 g/mol. The Morgan fingerprint density at radius 3 is 2.15 bits per heavy atom. The van der Waals surface area contributed by atoms with Crippen LogP contribution in [0, 0.1) is 11.3 Å². The lowest BCUT2D eigenvalue weighted by molar-refractivity contribution is -0.140. The van der Waals surface area contributed by atoms with E-state index in [9.17, 15) is 24.0 Å². The van der Waals surface area contributed by atoms with Gasteiger partial charge in [-0.2, -0.15) is 5.26 Å². The van der Waals surface area contributed by atoms with Crippen LogP contribution in [0.1, 0.15) is 31.0 Å². The molecule has 2 aromatic carbocycles. The smallest absolute Gasteiger partial charge is 0.248 e. The van der Waals surface area contributed by atoms with E-state index in [0.717, 1.165) is 0 Å². The van der Waals surface area contributed by atoms with Crippen LogP contribution >= 0.6 is 0 Å². The molecule has 2 unspecified atom stereocenters. The number of carbonyl (C=O) groups is 5. The number of rotatable bonds is 11. The molecule has 0 fully saturated rings. The normalized spacial score (nSPS) is 17.1. The number of ether oxygens (including phenoxy) is 2. The number of likely N-dealkylation sites (N-methyl/N-ethyl adjacent to an activating group) is 1. The van der Waals surface area contributed by atoms with Crippen molar-refractivity contribution < 1.29 is 33.4 Å². The minimum atomic E-state index is -1.26. The Morgan fingerprint density at radius 1 is 0.958 bits per heavy atom. The quantitative estimate of drug-likeness (QED) is 0.135. The zero-order valence-electron chi connectivity index (χ0n) is 27.6. The molecule has 1 heterocycles. The molecule has 260 valence electrons. The molecule has 1 aliphatic rings. The fraction of sp³-hybridized carbons (Fsp3) is 0.438. The summed E-state index contributed by atoms with van der Waals surface area (Å²) in [4.78, 5) is 66.0. The van der Waals surface area contributed by atoms with Crippen molar-refractivity contribution in [2.75, 3.05) is 53.5 Å². The van der Waals surface area contributed by atoms with Crippen LogP contribution in [-0.2, 0) is 30.4 Å². The summed E-state index contributed by atoms with van der Waals surface area (Å²) in [6, 6.07) is 8.51. The first-order valence-electron chi connectivity index (χ1n) is 15.3. The highest BCUT2D eigenvalue weighted by atomic mass is 16.5. The Kier molecular flexibility index (Phi) is 15.8. The lowest BCUT2D eigenvalue weighted by Gasteiger charge is -2.30. The topological polar surface area (TPSA) is 257 Å². The fourth-order valence-electron chi connectivity index (χ4n) is 4.80. The highest BCUT2D eigenvalue weighted by Crippen LogP contribution is 2.40. The van der Waals surface area contributed by atoms with Gasteiger partial charge >= 0.3 is 0 Å². The highest BCUT2D eigenvalue weighted by Gasteiger charge is 2.33. The number of nitriles is 1. The van der Waals surface area contributed by atoms with Gasteiger partial charge in [-0.1, -0.05) is 12.1 Å². The number of amides is 5. The van der Waals surface area contributed by atoms with E-state index in [1.807, 2.05) is 6.07 Å². The Morgan fingerprint density at radius 2 is 1.56 bits per heavy atom. The van der Waals surface area contributed by atoms with E-state index < -0.39 is 47.7 Å². The molecule has 0 radical (unpaired) electrons. The number of nitrogens with two attached hydrogens (primary N) is 3. The first kappa shape index (κ1) is 38.9. The van der Waals surface area contributed by atoms with Crippen LogP contribution in [0.15, 0.2) is 36.4 Å². The average molecular weight is 668 g/mol. The van der Waals surface area contributed by atoms with Crippen molar-refractivity contribution in [1.29, 1.82) is 5.26 Å². The molecule has 3 rings (SSSR count). The van der Waals surface area contributed by atoms with Crippen LogP contribution in [-0.4, -0.2) is 100 Å². The fourth-order valence-corrected chi connectivity index (χ4v) is 4.80. The summed E-state index contributed by atoms with van der Waals surface area (Å²) in [5, 5.41) is 19.2. The van der Waals surface area contributed by atoms with Crippen molar-refractivity contribution in [1.82, 2.24) is 26.2 Å². The molecule has 1 aliphatic heterocycles. The summed E-state index contributed by atoms with van der Waals surface area (Å²) in [5.74, 6) is -2.11. The van der Waals surface area contributed by atoms with Crippen molar-refractivity contribution in [3.63, 3.8) is 0 Å². The molecule has 0 aliphatic carbocycles. The van der Waals surface area contributed by atoms with E-state index in [2.05, 4.69) is 27.0 Å². The molecule has 0 aromatic heterocycles. The second-order valence-electron chi connectivity index (χ2n) is 10.5. The third-order valence-electron chi connectivity index (χ3n) is 7.09. The Bertz CT molecular complexity index is 1490. The second-order valence-corrected chi connectivity index (χ2v) is 10.5. The van der Waals surface area contributed by atoms with Crippen LogP contribution < -0.4 is 47.9 Å². The zero-order valence-corrected chi connectivity index (χ0v) is 27.6. The van der Waals surface area contributed by atoms with Crippen molar-refractivity contribution >= 4 is 29.5 Å². The molecule has 5 amide bonds. The molecular formula is C32H45N9O7. The predicted molar refractivity (Wildman–Crippen MR) is 177 cm³/mol. The van der Waals surface area contributed by atoms with E-state index in [1.165, 1.54) is 32.8 Å². The van der Waals surface area contributed by atoms with Gasteiger partial charge < -0.3 is 52.8 Å². The summed E-state index contributed by atoms with van der Waals surface area (Å²) < 4.78 is 11.9. The minimum Gasteiger partial charge on any atom is -0.492 e. The van der Waals surface area contributed by atoms with Crippen molar-refractivity contribution in [3.8, 4) is 28.7 Å². The van der Waals surface area contributed by atoms with Crippen LogP contribution in [0.2, 0.25) is 0 Å². The zero-order chi connectivity index (χ0) is 35.8. The third kappa shape index (κ3) is 10.7. The molecule has 48 heavy (non-hydrogen) atoms. The van der Waals surface area contributed by atoms with Gasteiger partial charge in [0.2, 0.25) is 29.5 Å². The van der Waals surface area contributed by atoms with Crippen LogP contribution in [0.3, 0.4) is 0 Å². The van der Waals surface area contributed by atoms with Gasteiger partial charge in [-0.15, -0.1) is 0 Å². The van der Waals surface area contributed by atoms with Crippen molar-refractivity contribution in [2.45, 2.75) is 38.4 Å². The molecule has 10 N–H and O–H groups in total. The Hall–Kier alpha value is -5.24. The number of nitrogens with zero attached hydrogens (tertiary/aromatic N) is 2. The molecule has 16 heteroatoms. The molecule has 2 aromatic rings. The van der Waals surface area contributed by atoms with Crippen LogP contribution in [0.25, 0.3) is 11.1 Å². The standard InChI is InChI=1S/C31H40N8O7.CH5N/c1-18-29(42)38-24(30(43)35-11-8-32)15-20-4-6-25(45-12-9-33)22(14-20)23-16-21(5-7-26(23)46-13-10-34)28(31(44)37-18)39(3)27(41)17-36-19(2)40;1-2/h4-7,14,16,18,24,28H,9-13,15,17,33-34H2,1-3H3,(H,35,43)(H,36,40)(H,37,44)(H,38,42);2H2,1H3/t18-,24?,28?;/m0./s1. The summed E-state index contributed by atoms with van der Waals surface area (Å²) in [7, 11) is 2.91. The van der Waals surface area contributed by atoms with E-state index in [4.69, 9.17) is 26.2 Å². The van der Waals surface area contributed by atoms with E-state index >= 15 is 0 Å². The lowest BCUT2D eigenvalue weighted by Crippen LogP contribution is -2.55. The van der Waals surface area contributed by atoms with Gasteiger partial charge in [0.1, 0.15) is 49.4 Å². The number of hydrogen-bond acceptors (Lipinski definition) is 11. The van der Waals surface area contributed by atoms with Gasteiger partial charge in [0.25, 0.3) is 0 Å². The molecule has 0 spiro atoms. The van der Waals surface area contributed by atoms with Crippen molar-refractivity contribution in [2.24, 2.45) is 17.2 Å². The van der Waals surface area contributed by atoms with Gasteiger partial charge in [0.15, 0.2) is 0 Å². The van der Waals surface area contributed by atoms with E-state index in [1.54, 1.807) is 36.4 Å². The van der Waals surface area contributed by atoms with E-state index in [-0.39, 0.29) is 45.8 Å². The third-order valence-corrected chi connectivity index (χ3v) is 7.09. The molecule has 3 atom stereocenters. The summed E-state index contributed by atoms with van der Waals surface area (Å²) in [5.41, 5.74) is 18.0. The first-order valence-corrected chi connectivity index (χ1v) is 15.3. The largest absolute Gasteiger partial charge is 0.492 e. The summed E-state index contributed by atoms with van der Waals surface area (Å²) in [6.07, 6.45) is 0.0372. The van der Waals surface area contributed by atoms with E-state index in [0.29, 0.717) is 33.8 Å². The SMILES string of the molecule is CC(=O)NCC(=O)N(C)C1C(=O)N[C@@H](C)C(=O)NC(C(=O)NCC#N)Cc2ccc(OCCN)c(c2)-c2cc1ccc2OCCN.CN. The first-order chi connectivity index (χ1) is 23.0. The number of nitrogens with one attached hydrogen (secondary N) is 4. The Labute approximate surface area is 279 Å². The van der Waals surface area contributed by atoms with Crippen molar-refractivity contribution in [3.05, 3.63) is 47.5 Å². The van der Waals surface area contributed by atoms with Crippen LogP contribution in [0.4, 0.5) is 0 Å². The maximum Gasteiger partial charge on any atom is 0.248 e. The van der Waals surface area contributed by atoms with Gasteiger partial charge in [0, 0.05) is 44.6 Å². The average Bonchev–Trinajstić information content (AvgIpc) is 3.08. The molecule has 0 saturated heterocycles.